The van der Waals surface area contributed by atoms with E-state index >= 15 is 0 Å². The van der Waals surface area contributed by atoms with Crippen LogP contribution in [0.25, 0.3) is 0 Å². The predicted octanol–water partition coefficient (Wildman–Crippen LogP) is 1.96. The van der Waals surface area contributed by atoms with Gasteiger partial charge in [0.05, 0.1) is 5.69 Å². The number of aryl methyl sites for hydroxylation is 1. The Kier molecular flexibility index (Phi) is 4.30. The standard InChI is InChI=1S/C10H11BrN2O3/c1-6-2-3-8(7(11)4-6)13-10(16)12-5-9(14)15/h2-4H,5H2,1H3,(H,14,15)(H2,12,13,16). The summed E-state index contributed by atoms with van der Waals surface area (Å²) >= 11 is 3.30. The van der Waals surface area contributed by atoms with Crippen LogP contribution < -0.4 is 10.6 Å². The fourth-order valence-corrected chi connectivity index (χ4v) is 1.64. The van der Waals surface area contributed by atoms with Crippen LogP contribution in [-0.4, -0.2) is 23.7 Å². The van der Waals surface area contributed by atoms with E-state index in [1.807, 2.05) is 19.1 Å². The van der Waals surface area contributed by atoms with Gasteiger partial charge < -0.3 is 15.7 Å². The molecule has 2 amide bonds. The topological polar surface area (TPSA) is 78.4 Å². The molecule has 0 spiro atoms. The van der Waals surface area contributed by atoms with Crippen LogP contribution in [0.2, 0.25) is 0 Å². The molecule has 0 radical (unpaired) electrons. The quantitative estimate of drug-likeness (QED) is 0.795. The molecule has 6 heteroatoms. The van der Waals surface area contributed by atoms with Crippen LogP contribution in [-0.2, 0) is 4.79 Å². The normalized spacial score (nSPS) is 9.62. The first-order chi connectivity index (χ1) is 7.49. The molecule has 0 saturated heterocycles. The van der Waals surface area contributed by atoms with E-state index in [4.69, 9.17) is 5.11 Å². The zero-order chi connectivity index (χ0) is 12.1. The molecule has 0 aromatic heterocycles. The fourth-order valence-electron chi connectivity index (χ4n) is 1.04. The summed E-state index contributed by atoms with van der Waals surface area (Å²) in [5.74, 6) is -1.09. The summed E-state index contributed by atoms with van der Waals surface area (Å²) in [5, 5.41) is 13.1. The molecule has 0 atom stereocenters. The summed E-state index contributed by atoms with van der Waals surface area (Å²) < 4.78 is 0.748. The number of nitrogens with one attached hydrogen (secondary N) is 2. The number of carbonyl (C=O) groups excluding carboxylic acids is 1. The SMILES string of the molecule is Cc1ccc(NC(=O)NCC(=O)O)c(Br)c1. The number of hydrogen-bond acceptors (Lipinski definition) is 2. The van der Waals surface area contributed by atoms with Gasteiger partial charge in [-0.2, -0.15) is 0 Å². The van der Waals surface area contributed by atoms with Crippen molar-refractivity contribution in [1.82, 2.24) is 5.32 Å². The number of urea groups is 1. The van der Waals surface area contributed by atoms with Gasteiger partial charge in [-0.15, -0.1) is 0 Å². The van der Waals surface area contributed by atoms with E-state index < -0.39 is 18.5 Å². The number of hydrogen-bond donors (Lipinski definition) is 3. The van der Waals surface area contributed by atoms with Crippen LogP contribution in [0.4, 0.5) is 10.5 Å². The monoisotopic (exact) mass is 286 g/mol. The first kappa shape index (κ1) is 12.5. The lowest BCUT2D eigenvalue weighted by Crippen LogP contribution is -2.33. The number of halogens is 1. The molecule has 0 aliphatic heterocycles. The van der Waals surface area contributed by atoms with Crippen molar-refractivity contribution in [1.29, 1.82) is 0 Å². The van der Waals surface area contributed by atoms with Crippen LogP contribution in [0.3, 0.4) is 0 Å². The Balaban J connectivity index is 2.59. The average Bonchev–Trinajstić information content (AvgIpc) is 2.19. The average molecular weight is 287 g/mol. The second-order valence-electron chi connectivity index (χ2n) is 3.18. The summed E-state index contributed by atoms with van der Waals surface area (Å²) in [5.41, 5.74) is 1.65. The zero-order valence-corrected chi connectivity index (χ0v) is 10.2. The highest BCUT2D eigenvalue weighted by Crippen LogP contribution is 2.22. The van der Waals surface area contributed by atoms with Crippen molar-refractivity contribution < 1.29 is 14.7 Å². The molecule has 5 nitrogen and oxygen atoms in total. The first-order valence-corrected chi connectivity index (χ1v) is 5.31. The molecule has 0 bridgehead atoms. The van der Waals surface area contributed by atoms with Crippen LogP contribution in [0, 0.1) is 6.92 Å². The van der Waals surface area contributed by atoms with Gasteiger partial charge >= 0.3 is 12.0 Å². The molecule has 86 valence electrons. The number of rotatable bonds is 3. The number of benzene rings is 1. The van der Waals surface area contributed by atoms with Crippen molar-refractivity contribution in [2.45, 2.75) is 6.92 Å². The van der Waals surface area contributed by atoms with Crippen molar-refractivity contribution in [2.24, 2.45) is 0 Å². The lowest BCUT2D eigenvalue weighted by Gasteiger charge is -2.08. The molecule has 16 heavy (non-hydrogen) atoms. The van der Waals surface area contributed by atoms with Gasteiger partial charge in [0, 0.05) is 4.47 Å². The highest BCUT2D eigenvalue weighted by atomic mass is 79.9. The minimum absolute atomic E-state index is 0.407. The third-order valence-electron chi connectivity index (χ3n) is 1.77. The molecular weight excluding hydrogens is 276 g/mol. The predicted molar refractivity (Wildman–Crippen MR) is 63.5 cm³/mol. The van der Waals surface area contributed by atoms with E-state index in [1.165, 1.54) is 0 Å². The number of carboxylic acid groups (broad SMARTS) is 1. The van der Waals surface area contributed by atoms with Crippen LogP contribution in [0.5, 0.6) is 0 Å². The van der Waals surface area contributed by atoms with Crippen LogP contribution in [0.15, 0.2) is 22.7 Å². The Bertz CT molecular complexity index is 421. The Morgan fingerprint density at radius 1 is 1.44 bits per heavy atom. The van der Waals surface area contributed by atoms with Gasteiger partial charge in [0.1, 0.15) is 6.54 Å². The van der Waals surface area contributed by atoms with Crippen molar-refractivity contribution in [3.05, 3.63) is 28.2 Å². The number of carboxylic acids is 1. The molecule has 1 rings (SSSR count). The maximum Gasteiger partial charge on any atom is 0.323 e. The maximum absolute atomic E-state index is 11.2. The van der Waals surface area contributed by atoms with Crippen molar-refractivity contribution in [2.75, 3.05) is 11.9 Å². The number of carbonyl (C=O) groups is 2. The molecule has 0 heterocycles. The minimum atomic E-state index is -1.09. The van der Waals surface area contributed by atoms with E-state index in [0.717, 1.165) is 10.0 Å². The fraction of sp³-hybridized carbons (Fsp3) is 0.200. The second-order valence-corrected chi connectivity index (χ2v) is 4.04. The maximum atomic E-state index is 11.2. The summed E-state index contributed by atoms with van der Waals surface area (Å²) in [6.45, 7) is 1.52. The summed E-state index contributed by atoms with van der Waals surface area (Å²) in [6.07, 6.45) is 0. The summed E-state index contributed by atoms with van der Waals surface area (Å²) in [7, 11) is 0. The highest BCUT2D eigenvalue weighted by molar-refractivity contribution is 9.10. The Morgan fingerprint density at radius 2 is 2.12 bits per heavy atom. The second kappa shape index (κ2) is 5.50. The highest BCUT2D eigenvalue weighted by Gasteiger charge is 2.06. The Labute approximate surface area is 101 Å². The summed E-state index contributed by atoms with van der Waals surface area (Å²) in [4.78, 5) is 21.5. The van der Waals surface area contributed by atoms with E-state index in [9.17, 15) is 9.59 Å². The van der Waals surface area contributed by atoms with Gasteiger partial charge in [-0.25, -0.2) is 4.79 Å². The van der Waals surface area contributed by atoms with Gasteiger partial charge in [-0.3, -0.25) is 4.79 Å². The minimum Gasteiger partial charge on any atom is -0.480 e. The lowest BCUT2D eigenvalue weighted by atomic mass is 10.2. The third kappa shape index (κ3) is 3.90. The van der Waals surface area contributed by atoms with Crippen molar-refractivity contribution in [3.8, 4) is 0 Å². The molecule has 3 N–H and O–H groups in total. The molecule has 0 aliphatic rings. The van der Waals surface area contributed by atoms with Crippen molar-refractivity contribution in [3.63, 3.8) is 0 Å². The molecule has 0 aliphatic carbocycles. The number of amides is 2. The molecule has 0 fully saturated rings. The van der Waals surface area contributed by atoms with Gasteiger partial charge in [0.2, 0.25) is 0 Å². The van der Waals surface area contributed by atoms with Crippen LogP contribution in [0.1, 0.15) is 5.56 Å². The number of anilines is 1. The van der Waals surface area contributed by atoms with E-state index in [-0.39, 0.29) is 0 Å². The molecule has 1 aromatic rings. The third-order valence-corrected chi connectivity index (χ3v) is 2.43. The molecule has 0 unspecified atom stereocenters. The van der Waals surface area contributed by atoms with Gasteiger partial charge in [-0.05, 0) is 40.5 Å². The molecular formula is C10H11BrN2O3. The smallest absolute Gasteiger partial charge is 0.323 e. The molecule has 0 saturated carbocycles. The Morgan fingerprint density at radius 3 is 2.69 bits per heavy atom. The van der Waals surface area contributed by atoms with Crippen molar-refractivity contribution >= 4 is 33.6 Å². The summed E-state index contributed by atoms with van der Waals surface area (Å²) in [6, 6.07) is 4.89. The largest absolute Gasteiger partial charge is 0.480 e. The number of aliphatic carboxylic acids is 1. The van der Waals surface area contributed by atoms with E-state index in [2.05, 4.69) is 26.6 Å². The van der Waals surface area contributed by atoms with Gasteiger partial charge in [0.25, 0.3) is 0 Å². The van der Waals surface area contributed by atoms with E-state index in [0.29, 0.717) is 5.69 Å². The van der Waals surface area contributed by atoms with E-state index in [1.54, 1.807) is 6.07 Å². The van der Waals surface area contributed by atoms with Gasteiger partial charge in [0.15, 0.2) is 0 Å². The Hall–Kier alpha value is -1.56. The molecule has 1 aromatic carbocycles. The lowest BCUT2D eigenvalue weighted by molar-refractivity contribution is -0.135. The van der Waals surface area contributed by atoms with Crippen LogP contribution >= 0.6 is 15.9 Å². The zero-order valence-electron chi connectivity index (χ0n) is 8.58. The van der Waals surface area contributed by atoms with Gasteiger partial charge in [-0.1, -0.05) is 6.07 Å². The first-order valence-electron chi connectivity index (χ1n) is 4.52.